The summed E-state index contributed by atoms with van der Waals surface area (Å²) in [5.41, 5.74) is 2.29. The van der Waals surface area contributed by atoms with Crippen LogP contribution >= 0.6 is 23.4 Å². The van der Waals surface area contributed by atoms with Crippen LogP contribution in [0, 0.1) is 0 Å². The fraction of sp³-hybridized carbons (Fsp3) is 0.0625. The van der Waals surface area contributed by atoms with Gasteiger partial charge in [0.1, 0.15) is 12.0 Å². The molecule has 3 aromatic rings. The number of nitrogens with one attached hydrogen (secondary N) is 1. The van der Waals surface area contributed by atoms with Gasteiger partial charge in [-0.25, -0.2) is 4.98 Å². The lowest BCUT2D eigenvalue weighted by Gasteiger charge is -2.03. The van der Waals surface area contributed by atoms with Crippen molar-refractivity contribution in [3.05, 3.63) is 60.1 Å². The topological polar surface area (TPSA) is 68.0 Å². The molecule has 0 aliphatic carbocycles. The number of pyridine rings is 1. The SMILES string of the molecule is O=C(CSc1nc(-c2ccncc2)co1)Nc1cccc(Cl)c1. The third-order valence-electron chi connectivity index (χ3n) is 2.89. The zero-order valence-corrected chi connectivity index (χ0v) is 13.5. The smallest absolute Gasteiger partial charge is 0.256 e. The number of halogens is 1. The molecule has 116 valence electrons. The highest BCUT2D eigenvalue weighted by Gasteiger charge is 2.10. The molecule has 0 spiro atoms. The maximum atomic E-state index is 11.9. The maximum absolute atomic E-state index is 11.9. The van der Waals surface area contributed by atoms with Crippen LogP contribution < -0.4 is 5.32 Å². The molecule has 1 N–H and O–H groups in total. The monoisotopic (exact) mass is 345 g/mol. The highest BCUT2D eigenvalue weighted by atomic mass is 35.5. The summed E-state index contributed by atoms with van der Waals surface area (Å²) in [6, 6.07) is 10.7. The molecule has 0 saturated carbocycles. The van der Waals surface area contributed by atoms with E-state index in [1.165, 1.54) is 11.8 Å². The summed E-state index contributed by atoms with van der Waals surface area (Å²) in [6.07, 6.45) is 4.94. The first-order valence-corrected chi connectivity index (χ1v) is 8.11. The van der Waals surface area contributed by atoms with E-state index in [4.69, 9.17) is 16.0 Å². The summed E-state index contributed by atoms with van der Waals surface area (Å²) in [5.74, 6) is 0.0453. The fourth-order valence-electron chi connectivity index (χ4n) is 1.87. The standard InChI is InChI=1S/C16H12ClN3O2S/c17-12-2-1-3-13(8-12)19-15(21)10-23-16-20-14(9-22-16)11-4-6-18-7-5-11/h1-9H,10H2,(H,19,21). The maximum Gasteiger partial charge on any atom is 0.256 e. The summed E-state index contributed by atoms with van der Waals surface area (Å²) >= 11 is 7.11. The molecule has 7 heteroatoms. The van der Waals surface area contributed by atoms with Crippen molar-refractivity contribution < 1.29 is 9.21 Å². The van der Waals surface area contributed by atoms with Crippen LogP contribution in [0.4, 0.5) is 5.69 Å². The van der Waals surface area contributed by atoms with Crippen molar-refractivity contribution in [1.82, 2.24) is 9.97 Å². The Morgan fingerprint density at radius 1 is 1.26 bits per heavy atom. The van der Waals surface area contributed by atoms with Gasteiger partial charge in [0, 0.05) is 28.7 Å². The Kier molecular flexibility index (Phi) is 4.95. The Labute approximate surface area is 142 Å². The molecule has 0 atom stereocenters. The summed E-state index contributed by atoms with van der Waals surface area (Å²) in [7, 11) is 0. The van der Waals surface area contributed by atoms with Crippen molar-refractivity contribution in [3.63, 3.8) is 0 Å². The molecule has 1 aromatic carbocycles. The molecule has 0 fully saturated rings. The third-order valence-corrected chi connectivity index (χ3v) is 3.97. The highest BCUT2D eigenvalue weighted by Crippen LogP contribution is 2.23. The molecule has 2 heterocycles. The van der Waals surface area contributed by atoms with Crippen LogP contribution in [0.1, 0.15) is 0 Å². The van der Waals surface area contributed by atoms with Crippen LogP contribution in [0.5, 0.6) is 0 Å². The second kappa shape index (κ2) is 7.30. The quantitative estimate of drug-likeness (QED) is 0.704. The molecule has 5 nitrogen and oxygen atoms in total. The zero-order chi connectivity index (χ0) is 16.1. The number of hydrogen-bond acceptors (Lipinski definition) is 5. The van der Waals surface area contributed by atoms with Gasteiger partial charge in [0.25, 0.3) is 5.22 Å². The summed E-state index contributed by atoms with van der Waals surface area (Å²) in [6.45, 7) is 0. The van der Waals surface area contributed by atoms with Crippen LogP contribution in [0.2, 0.25) is 5.02 Å². The average molecular weight is 346 g/mol. The van der Waals surface area contributed by atoms with Crippen molar-refractivity contribution in [2.75, 3.05) is 11.1 Å². The van der Waals surface area contributed by atoms with Crippen molar-refractivity contribution in [1.29, 1.82) is 0 Å². The van der Waals surface area contributed by atoms with E-state index < -0.39 is 0 Å². The molecule has 0 aliphatic heterocycles. The number of carbonyl (C=O) groups is 1. The van der Waals surface area contributed by atoms with Crippen molar-refractivity contribution in [2.24, 2.45) is 0 Å². The predicted octanol–water partition coefficient (Wildman–Crippen LogP) is 4.12. The Balaban J connectivity index is 1.56. The van der Waals surface area contributed by atoms with Gasteiger partial charge < -0.3 is 9.73 Å². The molecular weight excluding hydrogens is 334 g/mol. The number of carbonyl (C=O) groups excluding carboxylic acids is 1. The number of amides is 1. The molecule has 0 unspecified atom stereocenters. The largest absolute Gasteiger partial charge is 0.439 e. The van der Waals surface area contributed by atoms with Gasteiger partial charge in [-0.1, -0.05) is 29.4 Å². The van der Waals surface area contributed by atoms with E-state index in [9.17, 15) is 4.79 Å². The van der Waals surface area contributed by atoms with Gasteiger partial charge in [-0.15, -0.1) is 0 Å². The summed E-state index contributed by atoms with van der Waals surface area (Å²) in [4.78, 5) is 20.2. The lowest BCUT2D eigenvalue weighted by Crippen LogP contribution is -2.13. The number of thioether (sulfide) groups is 1. The lowest BCUT2D eigenvalue weighted by molar-refractivity contribution is -0.113. The number of aromatic nitrogens is 2. The third kappa shape index (κ3) is 4.34. The second-order valence-electron chi connectivity index (χ2n) is 4.58. The van der Waals surface area contributed by atoms with E-state index in [1.54, 1.807) is 42.9 Å². The van der Waals surface area contributed by atoms with Crippen molar-refractivity contribution >= 4 is 35.0 Å². The van der Waals surface area contributed by atoms with Crippen LogP contribution in [0.15, 0.2) is 64.7 Å². The molecular formula is C16H12ClN3O2S. The van der Waals surface area contributed by atoms with Gasteiger partial charge in [-0.3, -0.25) is 9.78 Å². The predicted molar refractivity (Wildman–Crippen MR) is 90.5 cm³/mol. The molecule has 1 amide bonds. The van der Waals surface area contributed by atoms with Crippen LogP contribution in [0.3, 0.4) is 0 Å². The molecule has 3 rings (SSSR count). The van der Waals surface area contributed by atoms with E-state index in [0.29, 0.717) is 21.6 Å². The van der Waals surface area contributed by atoms with E-state index in [0.717, 1.165) is 5.56 Å². The lowest BCUT2D eigenvalue weighted by atomic mass is 10.2. The number of hydrogen-bond donors (Lipinski definition) is 1. The van der Waals surface area contributed by atoms with E-state index >= 15 is 0 Å². The van der Waals surface area contributed by atoms with Gasteiger partial charge in [0.15, 0.2) is 0 Å². The molecule has 0 bridgehead atoms. The molecule has 0 aliphatic rings. The minimum atomic E-state index is -0.152. The molecule has 2 aromatic heterocycles. The van der Waals surface area contributed by atoms with E-state index in [-0.39, 0.29) is 11.7 Å². The second-order valence-corrected chi connectivity index (χ2v) is 5.94. The number of rotatable bonds is 5. The normalized spacial score (nSPS) is 10.5. The first-order chi connectivity index (χ1) is 11.2. The first kappa shape index (κ1) is 15.6. The Hall–Kier alpha value is -2.31. The Morgan fingerprint density at radius 2 is 2.09 bits per heavy atom. The van der Waals surface area contributed by atoms with Crippen LogP contribution in [-0.4, -0.2) is 21.6 Å². The first-order valence-electron chi connectivity index (χ1n) is 6.75. The summed E-state index contributed by atoms with van der Waals surface area (Å²) < 4.78 is 5.37. The van der Waals surface area contributed by atoms with E-state index in [1.807, 2.05) is 12.1 Å². The molecule has 0 saturated heterocycles. The van der Waals surface area contributed by atoms with Crippen molar-refractivity contribution in [2.45, 2.75) is 5.22 Å². The number of oxazole rings is 1. The average Bonchev–Trinajstić information content (AvgIpc) is 3.03. The number of nitrogens with zero attached hydrogens (tertiary/aromatic N) is 2. The van der Waals surface area contributed by atoms with Gasteiger partial charge in [0.05, 0.1) is 5.75 Å². The molecule has 23 heavy (non-hydrogen) atoms. The zero-order valence-electron chi connectivity index (χ0n) is 11.9. The van der Waals surface area contributed by atoms with Gasteiger partial charge >= 0.3 is 0 Å². The highest BCUT2D eigenvalue weighted by molar-refractivity contribution is 7.99. The fourth-order valence-corrected chi connectivity index (χ4v) is 2.67. The van der Waals surface area contributed by atoms with Crippen molar-refractivity contribution in [3.8, 4) is 11.3 Å². The van der Waals surface area contributed by atoms with Gasteiger partial charge in [-0.05, 0) is 30.3 Å². The minimum Gasteiger partial charge on any atom is -0.439 e. The minimum absolute atomic E-state index is 0.152. The molecule has 0 radical (unpaired) electrons. The Morgan fingerprint density at radius 3 is 2.87 bits per heavy atom. The Bertz CT molecular complexity index is 808. The number of benzene rings is 1. The van der Waals surface area contributed by atoms with Gasteiger partial charge in [0.2, 0.25) is 5.91 Å². The van der Waals surface area contributed by atoms with E-state index in [2.05, 4.69) is 15.3 Å². The van der Waals surface area contributed by atoms with Crippen LogP contribution in [-0.2, 0) is 4.79 Å². The van der Waals surface area contributed by atoms with Crippen LogP contribution in [0.25, 0.3) is 11.3 Å². The summed E-state index contributed by atoms with van der Waals surface area (Å²) in [5, 5.41) is 3.79. The number of anilines is 1. The van der Waals surface area contributed by atoms with Gasteiger partial charge in [-0.2, -0.15) is 0 Å².